The third kappa shape index (κ3) is 6.36. The van der Waals surface area contributed by atoms with Gasteiger partial charge in [0, 0.05) is 0 Å². The number of nitriles is 1. The van der Waals surface area contributed by atoms with Gasteiger partial charge in [-0.25, -0.2) is 4.79 Å². The van der Waals surface area contributed by atoms with Gasteiger partial charge in [-0.05, 0) is 45.4 Å². The normalized spacial score (nSPS) is 12.7. The number of hydrazone groups is 1. The molecule has 0 spiro atoms. The molecule has 0 aliphatic carbocycles. The Balaban J connectivity index is 2.79. The topological polar surface area (TPSA) is 136 Å². The van der Waals surface area contributed by atoms with E-state index in [0.29, 0.717) is 5.69 Å². The molecule has 0 aliphatic heterocycles. The average Bonchev–Trinajstić information content (AvgIpc) is 2.45. The van der Waals surface area contributed by atoms with Crippen LogP contribution in [0.5, 0.6) is 0 Å². The Morgan fingerprint density at radius 1 is 1.46 bits per heavy atom. The molecule has 0 radical (unpaired) electrons. The number of alkyl carbamates (subject to hydrolysis) is 1. The van der Waals surface area contributed by atoms with Crippen LogP contribution in [0.15, 0.2) is 29.4 Å². The van der Waals surface area contributed by atoms with Crippen LogP contribution in [0.3, 0.4) is 0 Å². The summed E-state index contributed by atoms with van der Waals surface area (Å²) >= 11 is 0. The van der Waals surface area contributed by atoms with Crippen molar-refractivity contribution in [2.75, 3.05) is 5.43 Å². The minimum absolute atomic E-state index is 0.208. The molecule has 8 nitrogen and oxygen atoms in total. The maximum atomic E-state index is 11.8. The van der Waals surface area contributed by atoms with E-state index in [1.54, 1.807) is 45.0 Å². The lowest BCUT2D eigenvalue weighted by Gasteiger charge is -2.22. The van der Waals surface area contributed by atoms with Gasteiger partial charge in [0.05, 0.1) is 11.7 Å². The summed E-state index contributed by atoms with van der Waals surface area (Å²) in [6.45, 7) is 7.20. The molecule has 0 heterocycles. The number of rotatable bonds is 5. The fourth-order valence-corrected chi connectivity index (χ4v) is 1.71. The Hall–Kier alpha value is -3.08. The Labute approximate surface area is 141 Å². The van der Waals surface area contributed by atoms with Crippen molar-refractivity contribution < 1.29 is 9.53 Å². The zero-order valence-corrected chi connectivity index (χ0v) is 14.2. The number of amides is 1. The molecule has 1 atom stereocenters. The van der Waals surface area contributed by atoms with Gasteiger partial charge >= 0.3 is 6.09 Å². The van der Waals surface area contributed by atoms with Crippen molar-refractivity contribution >= 4 is 23.3 Å². The third-order valence-electron chi connectivity index (χ3n) is 2.78. The fourth-order valence-electron chi connectivity index (χ4n) is 1.71. The largest absolute Gasteiger partial charge is 0.444 e. The first-order chi connectivity index (χ1) is 11.1. The lowest BCUT2D eigenvalue weighted by Crippen LogP contribution is -2.34. The van der Waals surface area contributed by atoms with E-state index in [1.165, 1.54) is 0 Å². The van der Waals surface area contributed by atoms with Crippen molar-refractivity contribution in [1.29, 1.82) is 10.7 Å². The summed E-state index contributed by atoms with van der Waals surface area (Å²) in [4.78, 5) is 11.8. The predicted molar refractivity (Wildman–Crippen MR) is 92.8 cm³/mol. The van der Waals surface area contributed by atoms with Crippen molar-refractivity contribution in [3.8, 4) is 6.07 Å². The van der Waals surface area contributed by atoms with E-state index in [2.05, 4.69) is 15.8 Å². The molecule has 1 aromatic carbocycles. The van der Waals surface area contributed by atoms with Crippen LogP contribution >= 0.6 is 0 Å². The summed E-state index contributed by atoms with van der Waals surface area (Å²) in [6, 6.07) is 8.56. The highest BCUT2D eigenvalue weighted by molar-refractivity contribution is 6.45. The Bertz CT molecular complexity index is 685. The molecule has 1 aromatic rings. The van der Waals surface area contributed by atoms with E-state index < -0.39 is 17.5 Å². The average molecular weight is 330 g/mol. The smallest absolute Gasteiger partial charge is 0.408 e. The number of carbonyl (C=O) groups excluding carboxylic acids is 1. The minimum atomic E-state index is -0.567. The van der Waals surface area contributed by atoms with Crippen molar-refractivity contribution in [3.05, 3.63) is 29.8 Å². The summed E-state index contributed by atoms with van der Waals surface area (Å²) < 4.78 is 5.22. The number of benzene rings is 1. The van der Waals surface area contributed by atoms with Crippen LogP contribution in [0, 0.1) is 16.7 Å². The first-order valence-electron chi connectivity index (χ1n) is 7.30. The molecule has 0 bridgehead atoms. The van der Waals surface area contributed by atoms with Crippen LogP contribution in [0.4, 0.5) is 10.5 Å². The molecular formula is C16H22N6O2. The van der Waals surface area contributed by atoms with Crippen LogP contribution in [0.25, 0.3) is 0 Å². The summed E-state index contributed by atoms with van der Waals surface area (Å²) in [5.74, 6) is -0.416. The van der Waals surface area contributed by atoms with Gasteiger partial charge in [0.1, 0.15) is 11.7 Å². The molecule has 5 N–H and O–H groups in total. The van der Waals surface area contributed by atoms with E-state index in [9.17, 15) is 4.79 Å². The minimum Gasteiger partial charge on any atom is -0.444 e. The SMILES string of the molecule is CC(NC(=O)OC(C)(C)C)c1cccc(N/N=C(\C#N)C(=N)N)c1. The molecule has 128 valence electrons. The number of amidine groups is 1. The van der Waals surface area contributed by atoms with Gasteiger partial charge in [0.25, 0.3) is 0 Å². The highest BCUT2D eigenvalue weighted by atomic mass is 16.6. The summed E-state index contributed by atoms with van der Waals surface area (Å²) in [5.41, 5.74) is 8.53. The Morgan fingerprint density at radius 2 is 2.12 bits per heavy atom. The molecule has 24 heavy (non-hydrogen) atoms. The molecule has 0 fully saturated rings. The van der Waals surface area contributed by atoms with Gasteiger partial charge in [0.15, 0.2) is 5.84 Å². The molecule has 0 saturated carbocycles. The molecule has 1 amide bonds. The number of nitrogens with one attached hydrogen (secondary N) is 3. The third-order valence-corrected chi connectivity index (χ3v) is 2.78. The Morgan fingerprint density at radius 3 is 2.67 bits per heavy atom. The summed E-state index contributed by atoms with van der Waals surface area (Å²) in [6.07, 6.45) is -0.505. The van der Waals surface area contributed by atoms with Crippen molar-refractivity contribution in [1.82, 2.24) is 5.32 Å². The fraction of sp³-hybridized carbons (Fsp3) is 0.375. The molecular weight excluding hydrogens is 308 g/mol. The van der Waals surface area contributed by atoms with Gasteiger partial charge in [-0.2, -0.15) is 10.4 Å². The standard InChI is InChI=1S/C16H22N6O2/c1-10(20-15(23)24-16(2,3)4)11-6-5-7-12(8-11)21-22-13(9-17)14(18)19/h5-8,10,21H,1-4H3,(H3,18,19)(H,20,23)/b22-13+. The lowest BCUT2D eigenvalue weighted by molar-refractivity contribution is 0.0508. The second-order valence-corrected chi connectivity index (χ2v) is 6.09. The number of hydrogen-bond acceptors (Lipinski definition) is 6. The quantitative estimate of drug-likeness (QED) is 0.373. The first kappa shape index (κ1) is 19.0. The van der Waals surface area contributed by atoms with Crippen LogP contribution in [0.1, 0.15) is 39.3 Å². The van der Waals surface area contributed by atoms with E-state index in [0.717, 1.165) is 5.56 Å². The second kappa shape index (κ2) is 7.97. The van der Waals surface area contributed by atoms with E-state index in [-0.39, 0.29) is 11.8 Å². The number of nitrogens with two attached hydrogens (primary N) is 1. The Kier molecular flexibility index (Phi) is 6.30. The van der Waals surface area contributed by atoms with Crippen molar-refractivity contribution in [3.63, 3.8) is 0 Å². The van der Waals surface area contributed by atoms with E-state index in [4.69, 9.17) is 21.1 Å². The molecule has 1 rings (SSSR count). The van der Waals surface area contributed by atoms with Gasteiger partial charge < -0.3 is 15.8 Å². The van der Waals surface area contributed by atoms with Gasteiger partial charge in [-0.3, -0.25) is 10.8 Å². The zero-order chi connectivity index (χ0) is 18.3. The molecule has 0 aromatic heterocycles. The van der Waals surface area contributed by atoms with Crippen LogP contribution in [-0.2, 0) is 4.74 Å². The number of hydrogen-bond donors (Lipinski definition) is 4. The van der Waals surface area contributed by atoms with Crippen LogP contribution in [-0.4, -0.2) is 23.2 Å². The molecule has 0 saturated heterocycles. The van der Waals surface area contributed by atoms with Crippen LogP contribution < -0.4 is 16.5 Å². The monoisotopic (exact) mass is 330 g/mol. The highest BCUT2D eigenvalue weighted by Crippen LogP contribution is 2.18. The number of ether oxygens (including phenoxy) is 1. The maximum absolute atomic E-state index is 11.8. The number of anilines is 1. The zero-order valence-electron chi connectivity index (χ0n) is 14.2. The second-order valence-electron chi connectivity index (χ2n) is 6.09. The molecule has 8 heteroatoms. The predicted octanol–water partition coefficient (Wildman–Crippen LogP) is 2.50. The number of carbonyl (C=O) groups is 1. The van der Waals surface area contributed by atoms with E-state index >= 15 is 0 Å². The molecule has 0 aliphatic rings. The summed E-state index contributed by atoms with van der Waals surface area (Å²) in [7, 11) is 0. The first-order valence-corrected chi connectivity index (χ1v) is 7.30. The highest BCUT2D eigenvalue weighted by Gasteiger charge is 2.18. The van der Waals surface area contributed by atoms with Crippen LogP contribution in [0.2, 0.25) is 0 Å². The maximum Gasteiger partial charge on any atom is 0.408 e. The van der Waals surface area contributed by atoms with Gasteiger partial charge in [-0.15, -0.1) is 0 Å². The van der Waals surface area contributed by atoms with Gasteiger partial charge in [0.2, 0.25) is 5.71 Å². The van der Waals surface area contributed by atoms with Crippen molar-refractivity contribution in [2.24, 2.45) is 10.8 Å². The lowest BCUT2D eigenvalue weighted by atomic mass is 10.1. The van der Waals surface area contributed by atoms with Crippen molar-refractivity contribution in [2.45, 2.75) is 39.3 Å². The number of nitrogens with zero attached hydrogens (tertiary/aromatic N) is 2. The van der Waals surface area contributed by atoms with Gasteiger partial charge in [-0.1, -0.05) is 12.1 Å². The van der Waals surface area contributed by atoms with E-state index in [1.807, 2.05) is 13.0 Å². The summed E-state index contributed by atoms with van der Waals surface area (Å²) in [5, 5.41) is 22.5. The molecule has 1 unspecified atom stereocenters.